The summed E-state index contributed by atoms with van der Waals surface area (Å²) in [4.78, 5) is 52.3. The average molecular weight is 842 g/mol. The Morgan fingerprint density at radius 3 is 2.40 bits per heavy atom. The number of hydrogen-bond acceptors (Lipinski definition) is 12. The lowest BCUT2D eigenvalue weighted by Crippen LogP contribution is -2.60. The molecule has 320 valence electrons. The SMILES string of the molecule is CC[C@@]1(OC(=O)[C@@H](CC(C)C)N=C(CCOC2CC(C)(C)N(O)C(C)(C)C2)NS(=O)(=O)c2ccc(C)cc2)C(=O)OCc2c1cc1n(c2=O)Cc2cc3ccccc3nc2-1. The van der Waals surface area contributed by atoms with Crippen molar-refractivity contribution in [1.82, 2.24) is 19.3 Å². The minimum atomic E-state index is -4.16. The van der Waals surface area contributed by atoms with Gasteiger partial charge in [-0.15, -0.1) is 0 Å². The van der Waals surface area contributed by atoms with Crippen molar-refractivity contribution < 1.29 is 37.4 Å². The molecule has 2 atom stereocenters. The topological polar surface area (TPSA) is 179 Å². The number of amidine groups is 1. The van der Waals surface area contributed by atoms with E-state index in [1.54, 1.807) is 29.7 Å². The first-order valence-corrected chi connectivity index (χ1v) is 22.1. The zero-order chi connectivity index (χ0) is 43.4. The van der Waals surface area contributed by atoms with Crippen LogP contribution >= 0.6 is 0 Å². The molecule has 1 fully saturated rings. The minimum Gasteiger partial charge on any atom is -0.457 e. The maximum atomic E-state index is 14.6. The van der Waals surface area contributed by atoms with E-state index >= 15 is 0 Å². The molecule has 5 heterocycles. The van der Waals surface area contributed by atoms with Gasteiger partial charge in [0.1, 0.15) is 18.5 Å². The highest BCUT2D eigenvalue weighted by Crippen LogP contribution is 2.42. The Hall–Kier alpha value is -4.96. The van der Waals surface area contributed by atoms with E-state index in [0.717, 1.165) is 22.0 Å². The number of nitrogens with zero attached hydrogens (tertiary/aromatic N) is 4. The number of hydrogen-bond donors (Lipinski definition) is 2. The third-order valence-corrected chi connectivity index (χ3v) is 13.2. The van der Waals surface area contributed by atoms with Gasteiger partial charge in [0.15, 0.2) is 0 Å². The quantitative estimate of drug-likeness (QED) is 0.0791. The number of aliphatic imine (C=N–C) groups is 1. The monoisotopic (exact) mass is 841 g/mol. The van der Waals surface area contributed by atoms with Crippen molar-refractivity contribution in [1.29, 1.82) is 0 Å². The van der Waals surface area contributed by atoms with Gasteiger partial charge in [0, 0.05) is 34.0 Å². The Morgan fingerprint density at radius 2 is 1.73 bits per heavy atom. The largest absolute Gasteiger partial charge is 0.457 e. The first-order chi connectivity index (χ1) is 28.2. The predicted molar refractivity (Wildman–Crippen MR) is 226 cm³/mol. The summed E-state index contributed by atoms with van der Waals surface area (Å²) in [5.41, 5.74) is 0.517. The molecule has 1 saturated heterocycles. The van der Waals surface area contributed by atoms with Gasteiger partial charge in [-0.1, -0.05) is 56.7 Å². The lowest BCUT2D eigenvalue weighted by molar-refractivity contribution is -0.261. The Labute approximate surface area is 351 Å². The van der Waals surface area contributed by atoms with E-state index in [-0.39, 0.29) is 78.5 Å². The van der Waals surface area contributed by atoms with Crippen LogP contribution in [0.15, 0.2) is 75.3 Å². The normalized spacial score (nSPS) is 20.6. The van der Waals surface area contributed by atoms with Gasteiger partial charge < -0.3 is 24.0 Å². The second-order valence-corrected chi connectivity index (χ2v) is 19.6. The van der Waals surface area contributed by atoms with Gasteiger partial charge in [0.25, 0.3) is 15.6 Å². The standard InChI is InChI=1S/C45H55N5O9S/c1-9-45(34-22-37-39-30(21-29-12-10-11-13-35(29)47-39)25-49(37)40(51)33(34)26-58-42(45)53)59-41(52)36(20-27(2)3)46-38(48-60(55,56)32-16-14-28(4)15-17-32)18-19-57-31-23-43(5,6)50(54)44(7,8)24-31/h10-17,21-22,27,31,36,54H,9,18-20,23-26H2,1-8H3,(H,46,48)/t36-,45+/m1/s1. The Morgan fingerprint density at radius 1 is 1.05 bits per heavy atom. The third-order valence-electron chi connectivity index (χ3n) is 11.8. The van der Waals surface area contributed by atoms with Crippen LogP contribution in [0.1, 0.15) is 103 Å². The number of aryl methyl sites for hydroxylation is 1. The van der Waals surface area contributed by atoms with Crippen molar-refractivity contribution in [3.8, 4) is 11.4 Å². The van der Waals surface area contributed by atoms with Crippen molar-refractivity contribution in [3.63, 3.8) is 0 Å². The summed E-state index contributed by atoms with van der Waals surface area (Å²) in [5.74, 6) is -1.84. The highest BCUT2D eigenvalue weighted by molar-refractivity contribution is 7.90. The highest BCUT2D eigenvalue weighted by Gasteiger charge is 2.51. The highest BCUT2D eigenvalue weighted by atomic mass is 32.2. The van der Waals surface area contributed by atoms with Crippen molar-refractivity contribution in [2.45, 2.75) is 134 Å². The van der Waals surface area contributed by atoms with Crippen molar-refractivity contribution in [3.05, 3.63) is 93.3 Å². The Balaban J connectivity index is 1.23. The number of aromatic nitrogens is 2. The van der Waals surface area contributed by atoms with Crippen LogP contribution in [-0.4, -0.2) is 75.8 Å². The number of sulfonamides is 1. The van der Waals surface area contributed by atoms with Crippen molar-refractivity contribution >= 4 is 38.7 Å². The first kappa shape index (κ1) is 43.1. The van der Waals surface area contributed by atoms with Crippen LogP contribution in [0, 0.1) is 12.8 Å². The van der Waals surface area contributed by atoms with Crippen LogP contribution in [0.4, 0.5) is 0 Å². The van der Waals surface area contributed by atoms with Crippen molar-refractivity contribution in [2.24, 2.45) is 10.9 Å². The van der Waals surface area contributed by atoms with Crippen LogP contribution in [-0.2, 0) is 52.6 Å². The number of fused-ring (bicyclic) bond motifs is 5. The number of ether oxygens (including phenoxy) is 3. The molecule has 4 aromatic rings. The molecule has 0 spiro atoms. The van der Waals surface area contributed by atoms with E-state index in [0.29, 0.717) is 24.2 Å². The molecule has 0 amide bonds. The van der Waals surface area contributed by atoms with Gasteiger partial charge in [-0.2, -0.15) is 5.06 Å². The lowest BCUT2D eigenvalue weighted by atomic mass is 9.80. The summed E-state index contributed by atoms with van der Waals surface area (Å²) >= 11 is 0. The summed E-state index contributed by atoms with van der Waals surface area (Å²) in [7, 11) is -4.16. The average Bonchev–Trinajstić information content (AvgIpc) is 3.54. The molecule has 60 heavy (non-hydrogen) atoms. The summed E-state index contributed by atoms with van der Waals surface area (Å²) in [6.07, 6.45) is 0.880. The number of benzene rings is 2. The van der Waals surface area contributed by atoms with Crippen molar-refractivity contribution in [2.75, 3.05) is 6.61 Å². The molecule has 3 aliphatic rings. The van der Waals surface area contributed by atoms with Crippen LogP contribution < -0.4 is 10.3 Å². The van der Waals surface area contributed by atoms with E-state index in [1.807, 2.05) is 78.8 Å². The number of hydroxylamine groups is 2. The summed E-state index contributed by atoms with van der Waals surface area (Å²) in [5, 5.41) is 13.1. The molecule has 3 aliphatic heterocycles. The fourth-order valence-electron chi connectivity index (χ4n) is 8.85. The molecule has 0 unspecified atom stereocenters. The second-order valence-electron chi connectivity index (χ2n) is 17.9. The number of cyclic esters (lactones) is 1. The maximum Gasteiger partial charge on any atom is 0.355 e. The smallest absolute Gasteiger partial charge is 0.355 e. The summed E-state index contributed by atoms with van der Waals surface area (Å²) in [6.45, 7) is 15.1. The summed E-state index contributed by atoms with van der Waals surface area (Å²) in [6, 6.07) is 16.5. The van der Waals surface area contributed by atoms with Crippen LogP contribution in [0.5, 0.6) is 0 Å². The number of pyridine rings is 2. The zero-order valence-corrected chi connectivity index (χ0v) is 36.4. The molecule has 0 bridgehead atoms. The third kappa shape index (κ3) is 8.24. The Bertz CT molecular complexity index is 2510. The Kier molecular flexibility index (Phi) is 11.6. The molecule has 0 aliphatic carbocycles. The van der Waals surface area contributed by atoms with Gasteiger partial charge in [-0.25, -0.2) is 23.0 Å². The molecule has 7 rings (SSSR count). The number of para-hydroxylation sites is 1. The fourth-order valence-corrected chi connectivity index (χ4v) is 9.93. The number of carbonyl (C=O) groups excluding carboxylic acids is 2. The lowest BCUT2D eigenvalue weighted by Gasteiger charge is -2.51. The minimum absolute atomic E-state index is 0.0119. The maximum absolute atomic E-state index is 14.6. The van der Waals surface area contributed by atoms with Gasteiger partial charge in [-0.05, 0) is 96.6 Å². The second kappa shape index (κ2) is 16.1. The molecule has 0 radical (unpaired) electrons. The van der Waals surface area contributed by atoms with Gasteiger partial charge in [0.05, 0.1) is 46.6 Å². The van der Waals surface area contributed by atoms with Crippen LogP contribution in [0.3, 0.4) is 0 Å². The van der Waals surface area contributed by atoms with E-state index in [9.17, 15) is 28.0 Å². The van der Waals surface area contributed by atoms with Crippen LogP contribution in [0.25, 0.3) is 22.3 Å². The van der Waals surface area contributed by atoms with E-state index < -0.39 is 44.7 Å². The van der Waals surface area contributed by atoms with Gasteiger partial charge >= 0.3 is 11.9 Å². The number of carbonyl (C=O) groups is 2. The van der Waals surface area contributed by atoms with E-state index in [4.69, 9.17) is 24.2 Å². The van der Waals surface area contributed by atoms with E-state index in [2.05, 4.69) is 4.72 Å². The number of nitrogens with one attached hydrogen (secondary N) is 1. The number of rotatable bonds is 12. The number of esters is 2. The fraction of sp³-hybridized carbons (Fsp3) is 0.489. The molecule has 0 saturated carbocycles. The predicted octanol–water partition coefficient (Wildman–Crippen LogP) is 6.55. The first-order valence-electron chi connectivity index (χ1n) is 20.6. The molecule has 2 N–H and O–H groups in total. The van der Waals surface area contributed by atoms with Crippen LogP contribution in [0.2, 0.25) is 0 Å². The molecule has 2 aromatic carbocycles. The van der Waals surface area contributed by atoms with Gasteiger partial charge in [0.2, 0.25) is 5.60 Å². The molecule has 14 nitrogen and oxygen atoms in total. The molecular weight excluding hydrogens is 787 g/mol. The molecular formula is C45H55N5O9S. The van der Waals surface area contributed by atoms with E-state index in [1.165, 1.54) is 17.2 Å². The summed E-state index contributed by atoms with van der Waals surface area (Å²) < 4.78 is 50.0. The van der Waals surface area contributed by atoms with Gasteiger partial charge in [-0.3, -0.25) is 14.5 Å². The zero-order valence-electron chi connectivity index (χ0n) is 35.6. The molecule has 2 aromatic heterocycles. The molecule has 15 heteroatoms. The number of piperidine rings is 1.